The number of hydrogen-bond acceptors (Lipinski definition) is 6. The van der Waals surface area contributed by atoms with Crippen LogP contribution in [0.15, 0.2) is 60.7 Å². The Kier molecular flexibility index (Phi) is 7.40. The molecule has 38 heavy (non-hydrogen) atoms. The van der Waals surface area contributed by atoms with Crippen LogP contribution in [-0.4, -0.2) is 43.2 Å². The van der Waals surface area contributed by atoms with Crippen LogP contribution in [0.1, 0.15) is 53.3 Å². The van der Waals surface area contributed by atoms with E-state index in [1.807, 2.05) is 36.4 Å². The second-order valence-corrected chi connectivity index (χ2v) is 10.7. The van der Waals surface area contributed by atoms with E-state index in [4.69, 9.17) is 16.3 Å². The van der Waals surface area contributed by atoms with Crippen LogP contribution < -0.4 is 21.3 Å². The van der Waals surface area contributed by atoms with Crippen molar-refractivity contribution in [2.75, 3.05) is 42.1 Å². The van der Waals surface area contributed by atoms with Gasteiger partial charge in [0.1, 0.15) is 6.10 Å². The minimum absolute atomic E-state index is 0.0347. The maximum absolute atomic E-state index is 12.7. The molecular weight excluding hydrogens is 498 g/mol. The number of ether oxygens (including phenoxy) is 1. The van der Waals surface area contributed by atoms with Gasteiger partial charge < -0.3 is 30.9 Å². The van der Waals surface area contributed by atoms with Crippen molar-refractivity contribution in [1.82, 2.24) is 10.2 Å². The van der Waals surface area contributed by atoms with E-state index in [2.05, 4.69) is 50.4 Å². The third-order valence-electron chi connectivity index (χ3n) is 7.53. The van der Waals surface area contributed by atoms with Gasteiger partial charge in [0.05, 0.1) is 5.56 Å². The Bertz CT molecular complexity index is 1290. The lowest BCUT2D eigenvalue weighted by atomic mass is 10.0. The molecule has 6 rings (SSSR count). The summed E-state index contributed by atoms with van der Waals surface area (Å²) in [4.78, 5) is 15.3. The van der Waals surface area contributed by atoms with E-state index >= 15 is 0 Å². The minimum Gasteiger partial charge on any atom is -0.385 e. The van der Waals surface area contributed by atoms with Gasteiger partial charge in [0, 0.05) is 46.4 Å². The normalized spacial score (nSPS) is 20.5. The standard InChI is InChI=1S/C30H34ClN5O2/c31-21-6-4-7-23(18-21)34-25-12-13-26(27-24(25)19-33-29(27)37)35-30-28(38-30)20-8-10-22(11-9-20)32-14-5-17-36-15-2-1-3-16-36/h4,6-13,18,28,30,32,34-35H,1-3,5,14-17,19H2,(H,33,37). The molecule has 2 fully saturated rings. The van der Waals surface area contributed by atoms with E-state index in [1.165, 1.54) is 38.9 Å². The molecule has 7 nitrogen and oxygen atoms in total. The zero-order chi connectivity index (χ0) is 25.9. The van der Waals surface area contributed by atoms with Crippen molar-refractivity contribution in [2.24, 2.45) is 0 Å². The van der Waals surface area contributed by atoms with Crippen molar-refractivity contribution in [3.63, 3.8) is 0 Å². The summed E-state index contributed by atoms with van der Waals surface area (Å²) in [5.74, 6) is -0.0786. The van der Waals surface area contributed by atoms with E-state index in [0.29, 0.717) is 17.1 Å². The van der Waals surface area contributed by atoms with Gasteiger partial charge in [-0.3, -0.25) is 4.79 Å². The Morgan fingerprint density at radius 1 is 0.974 bits per heavy atom. The quantitative estimate of drug-likeness (QED) is 0.186. The van der Waals surface area contributed by atoms with Gasteiger partial charge in [-0.2, -0.15) is 0 Å². The van der Waals surface area contributed by atoms with Crippen LogP contribution in [0.5, 0.6) is 0 Å². The SMILES string of the molecule is O=C1NCc2c(Nc3cccc(Cl)c3)ccc(NC3OC3c3ccc(NCCCN4CCCCC4)cc3)c21. The summed E-state index contributed by atoms with van der Waals surface area (Å²) in [6.07, 6.45) is 5.03. The number of hydrogen-bond donors (Lipinski definition) is 4. The highest BCUT2D eigenvalue weighted by Crippen LogP contribution is 2.41. The van der Waals surface area contributed by atoms with Gasteiger partial charge in [-0.25, -0.2) is 0 Å². The number of amides is 1. The lowest BCUT2D eigenvalue weighted by Gasteiger charge is -2.26. The average Bonchev–Trinajstić information content (AvgIpc) is 3.59. The molecule has 0 saturated carbocycles. The van der Waals surface area contributed by atoms with Crippen molar-refractivity contribution >= 4 is 40.3 Å². The van der Waals surface area contributed by atoms with Gasteiger partial charge in [-0.05, 0) is 86.9 Å². The fraction of sp³-hybridized carbons (Fsp3) is 0.367. The number of nitrogens with one attached hydrogen (secondary N) is 4. The van der Waals surface area contributed by atoms with E-state index in [-0.39, 0.29) is 18.2 Å². The summed E-state index contributed by atoms with van der Waals surface area (Å²) in [6, 6.07) is 20.0. The Morgan fingerprint density at radius 3 is 2.61 bits per heavy atom. The Morgan fingerprint density at radius 2 is 1.79 bits per heavy atom. The van der Waals surface area contributed by atoms with Crippen LogP contribution >= 0.6 is 11.6 Å². The van der Waals surface area contributed by atoms with E-state index < -0.39 is 0 Å². The van der Waals surface area contributed by atoms with Gasteiger partial charge >= 0.3 is 0 Å². The Balaban J connectivity index is 1.04. The number of rotatable bonds is 10. The smallest absolute Gasteiger partial charge is 0.254 e. The lowest BCUT2D eigenvalue weighted by molar-refractivity contribution is 0.0966. The van der Waals surface area contributed by atoms with Crippen molar-refractivity contribution in [1.29, 1.82) is 0 Å². The number of likely N-dealkylation sites (tertiary alicyclic amines) is 1. The predicted molar refractivity (Wildman–Crippen MR) is 153 cm³/mol. The lowest BCUT2D eigenvalue weighted by Crippen LogP contribution is -2.31. The number of halogens is 1. The second-order valence-electron chi connectivity index (χ2n) is 10.3. The van der Waals surface area contributed by atoms with Gasteiger partial charge in [-0.1, -0.05) is 36.2 Å². The van der Waals surface area contributed by atoms with Crippen LogP contribution in [0.4, 0.5) is 22.7 Å². The molecule has 0 spiro atoms. The zero-order valence-electron chi connectivity index (χ0n) is 21.4. The number of carbonyl (C=O) groups is 1. The molecular formula is C30H34ClN5O2. The molecule has 0 bridgehead atoms. The van der Waals surface area contributed by atoms with Crippen LogP contribution in [0.25, 0.3) is 0 Å². The summed E-state index contributed by atoms with van der Waals surface area (Å²) in [7, 11) is 0. The van der Waals surface area contributed by atoms with Crippen LogP contribution in [0.2, 0.25) is 5.02 Å². The van der Waals surface area contributed by atoms with E-state index in [1.54, 1.807) is 0 Å². The first-order valence-corrected chi connectivity index (χ1v) is 14.0. The van der Waals surface area contributed by atoms with Gasteiger partial charge in [-0.15, -0.1) is 0 Å². The van der Waals surface area contributed by atoms with Crippen molar-refractivity contribution in [3.8, 4) is 0 Å². The highest BCUT2D eigenvalue weighted by Gasteiger charge is 2.41. The number of benzene rings is 3. The first-order valence-electron chi connectivity index (χ1n) is 13.6. The second kappa shape index (κ2) is 11.2. The fourth-order valence-corrected chi connectivity index (χ4v) is 5.64. The van der Waals surface area contributed by atoms with Crippen LogP contribution in [0, 0.1) is 0 Å². The summed E-state index contributed by atoms with van der Waals surface area (Å²) in [6.45, 7) is 5.14. The first kappa shape index (κ1) is 25.0. The summed E-state index contributed by atoms with van der Waals surface area (Å²) in [5, 5.41) is 14.0. The fourth-order valence-electron chi connectivity index (χ4n) is 5.44. The number of fused-ring (bicyclic) bond motifs is 1. The minimum atomic E-state index is -0.164. The van der Waals surface area contributed by atoms with Gasteiger partial charge in [0.15, 0.2) is 6.23 Å². The molecule has 3 aromatic rings. The molecule has 2 unspecified atom stereocenters. The molecule has 0 aromatic heterocycles. The Labute approximate surface area is 228 Å². The number of anilines is 4. The van der Waals surface area contributed by atoms with Crippen molar-refractivity contribution in [3.05, 3.63) is 82.4 Å². The molecule has 1 amide bonds. The third-order valence-corrected chi connectivity index (χ3v) is 7.76. The Hall–Kier alpha value is -3.26. The third kappa shape index (κ3) is 5.75. The molecule has 8 heteroatoms. The van der Waals surface area contributed by atoms with Gasteiger partial charge in [0.2, 0.25) is 0 Å². The zero-order valence-corrected chi connectivity index (χ0v) is 22.2. The van der Waals surface area contributed by atoms with E-state index in [0.717, 1.165) is 46.8 Å². The number of epoxide rings is 1. The molecule has 0 aliphatic carbocycles. The monoisotopic (exact) mass is 531 g/mol. The highest BCUT2D eigenvalue weighted by molar-refractivity contribution is 6.30. The molecule has 4 N–H and O–H groups in total. The maximum atomic E-state index is 12.7. The highest BCUT2D eigenvalue weighted by atomic mass is 35.5. The van der Waals surface area contributed by atoms with Crippen molar-refractivity contribution in [2.45, 2.75) is 44.6 Å². The molecule has 2 saturated heterocycles. The molecule has 2 atom stereocenters. The van der Waals surface area contributed by atoms with Crippen molar-refractivity contribution < 1.29 is 9.53 Å². The van der Waals surface area contributed by atoms with Gasteiger partial charge in [0.25, 0.3) is 5.91 Å². The molecule has 3 aliphatic rings. The van der Waals surface area contributed by atoms with Crippen LogP contribution in [-0.2, 0) is 11.3 Å². The largest absolute Gasteiger partial charge is 0.385 e. The number of carbonyl (C=O) groups excluding carboxylic acids is 1. The topological polar surface area (TPSA) is 81.0 Å². The number of piperidine rings is 1. The summed E-state index contributed by atoms with van der Waals surface area (Å²) < 4.78 is 5.95. The number of nitrogens with zero attached hydrogens (tertiary/aromatic N) is 1. The molecule has 198 valence electrons. The summed E-state index contributed by atoms with van der Waals surface area (Å²) in [5.41, 5.74) is 6.41. The average molecular weight is 532 g/mol. The predicted octanol–water partition coefficient (Wildman–Crippen LogP) is 6.12. The summed E-state index contributed by atoms with van der Waals surface area (Å²) >= 11 is 6.13. The molecule has 3 aromatic carbocycles. The first-order chi connectivity index (χ1) is 18.6. The maximum Gasteiger partial charge on any atom is 0.254 e. The molecule has 3 aliphatic heterocycles. The van der Waals surface area contributed by atoms with Crippen LogP contribution in [0.3, 0.4) is 0 Å². The molecule has 0 radical (unpaired) electrons. The molecule has 3 heterocycles. The van der Waals surface area contributed by atoms with E-state index in [9.17, 15) is 4.79 Å².